The molecule has 25 heavy (non-hydrogen) atoms. The van der Waals surface area contributed by atoms with Crippen molar-refractivity contribution in [1.29, 1.82) is 0 Å². The Morgan fingerprint density at radius 1 is 0.800 bits per heavy atom. The fraction of sp³-hybridized carbons (Fsp3) is 0.913. The van der Waals surface area contributed by atoms with Crippen LogP contribution in [0.3, 0.4) is 0 Å². The van der Waals surface area contributed by atoms with Gasteiger partial charge in [-0.15, -0.1) is 0 Å². The second-order valence-corrected chi connectivity index (χ2v) is 8.21. The van der Waals surface area contributed by atoms with Crippen LogP contribution in [0.4, 0.5) is 0 Å². The minimum absolute atomic E-state index is 0.126. The van der Waals surface area contributed by atoms with Crippen molar-refractivity contribution >= 4 is 0 Å². The van der Waals surface area contributed by atoms with Crippen molar-refractivity contribution < 1.29 is 10.2 Å². The zero-order valence-electron chi connectivity index (χ0n) is 16.9. The Bertz CT molecular complexity index is 324. The van der Waals surface area contributed by atoms with Gasteiger partial charge in [0.25, 0.3) is 0 Å². The van der Waals surface area contributed by atoms with Crippen molar-refractivity contribution in [3.63, 3.8) is 0 Å². The molecule has 1 aliphatic rings. The summed E-state index contributed by atoms with van der Waals surface area (Å²) in [6, 6.07) is 0. The Labute approximate surface area is 157 Å². The molecule has 2 nitrogen and oxygen atoms in total. The summed E-state index contributed by atoms with van der Waals surface area (Å²) in [4.78, 5) is 0. The first-order chi connectivity index (χ1) is 12.3. The molecule has 2 heteroatoms. The van der Waals surface area contributed by atoms with E-state index in [1.165, 1.54) is 96.3 Å². The fourth-order valence-corrected chi connectivity index (χ4v) is 4.47. The van der Waals surface area contributed by atoms with Gasteiger partial charge in [-0.1, -0.05) is 103 Å². The molecule has 148 valence electrons. The van der Waals surface area contributed by atoms with Crippen LogP contribution in [0.5, 0.6) is 0 Å². The van der Waals surface area contributed by atoms with E-state index in [2.05, 4.69) is 6.92 Å². The van der Waals surface area contributed by atoms with E-state index in [9.17, 15) is 5.11 Å². The van der Waals surface area contributed by atoms with Gasteiger partial charge in [-0.25, -0.2) is 0 Å². The molecular formula is C23H44O2. The maximum Gasteiger partial charge on any atom is 0.114 e. The van der Waals surface area contributed by atoms with Crippen molar-refractivity contribution in [3.8, 4) is 0 Å². The predicted octanol–water partition coefficient (Wildman–Crippen LogP) is 7.32. The predicted molar refractivity (Wildman–Crippen MR) is 109 cm³/mol. The average molecular weight is 353 g/mol. The molecule has 1 aliphatic carbocycles. The van der Waals surface area contributed by atoms with Gasteiger partial charge in [-0.2, -0.15) is 0 Å². The Morgan fingerprint density at radius 2 is 1.32 bits per heavy atom. The van der Waals surface area contributed by atoms with Crippen LogP contribution in [-0.2, 0) is 0 Å². The molecule has 1 rings (SSSR count). The lowest BCUT2D eigenvalue weighted by Crippen LogP contribution is -2.08. The molecule has 0 aliphatic heterocycles. The van der Waals surface area contributed by atoms with Gasteiger partial charge in [0.15, 0.2) is 0 Å². The van der Waals surface area contributed by atoms with Crippen LogP contribution in [0.2, 0.25) is 0 Å². The SMILES string of the molecule is CCCCCCCCCC[C@H]1CCC[C@@H]1CCCCCC=C(O)CO. The van der Waals surface area contributed by atoms with Crippen LogP contribution in [0.1, 0.15) is 116 Å². The third-order valence-corrected chi connectivity index (χ3v) is 6.07. The largest absolute Gasteiger partial charge is 0.510 e. The number of hydrogen-bond donors (Lipinski definition) is 2. The Balaban J connectivity index is 1.98. The van der Waals surface area contributed by atoms with Gasteiger partial charge in [-0.05, 0) is 30.8 Å². The number of aliphatic hydroxyl groups excluding tert-OH is 2. The maximum absolute atomic E-state index is 9.21. The molecule has 0 aromatic carbocycles. The summed E-state index contributed by atoms with van der Waals surface area (Å²) in [7, 11) is 0. The molecule has 1 saturated carbocycles. The van der Waals surface area contributed by atoms with E-state index in [0.717, 1.165) is 24.7 Å². The van der Waals surface area contributed by atoms with Gasteiger partial charge < -0.3 is 10.2 Å². The number of hydrogen-bond acceptors (Lipinski definition) is 2. The van der Waals surface area contributed by atoms with Crippen LogP contribution >= 0.6 is 0 Å². The fourth-order valence-electron chi connectivity index (χ4n) is 4.47. The Morgan fingerprint density at radius 3 is 1.88 bits per heavy atom. The van der Waals surface area contributed by atoms with Crippen LogP contribution in [-0.4, -0.2) is 16.8 Å². The molecule has 2 N–H and O–H groups in total. The van der Waals surface area contributed by atoms with Crippen LogP contribution in [0.25, 0.3) is 0 Å². The molecule has 0 bridgehead atoms. The zero-order chi connectivity index (χ0) is 18.2. The second-order valence-electron chi connectivity index (χ2n) is 8.21. The quantitative estimate of drug-likeness (QED) is 0.226. The lowest BCUT2D eigenvalue weighted by Gasteiger charge is -2.19. The monoisotopic (exact) mass is 352 g/mol. The van der Waals surface area contributed by atoms with Gasteiger partial charge in [0.2, 0.25) is 0 Å². The summed E-state index contributed by atoms with van der Waals surface area (Å²) in [6.07, 6.45) is 25.2. The highest BCUT2D eigenvalue weighted by atomic mass is 16.3. The summed E-state index contributed by atoms with van der Waals surface area (Å²) in [6.45, 7) is 2.07. The molecule has 0 amide bonds. The number of allylic oxidation sites excluding steroid dienone is 1. The minimum atomic E-state index is -0.220. The molecule has 2 atom stereocenters. The normalized spacial score (nSPS) is 21.1. The zero-order valence-corrected chi connectivity index (χ0v) is 16.9. The van der Waals surface area contributed by atoms with E-state index in [4.69, 9.17) is 5.11 Å². The van der Waals surface area contributed by atoms with Gasteiger partial charge in [-0.3, -0.25) is 0 Å². The lowest BCUT2D eigenvalue weighted by atomic mass is 9.86. The van der Waals surface area contributed by atoms with Gasteiger partial charge in [0.05, 0.1) is 6.61 Å². The van der Waals surface area contributed by atoms with E-state index in [0.29, 0.717) is 0 Å². The highest BCUT2D eigenvalue weighted by Crippen LogP contribution is 2.38. The van der Waals surface area contributed by atoms with E-state index in [1.807, 2.05) is 0 Å². The molecule has 0 radical (unpaired) electrons. The highest BCUT2D eigenvalue weighted by Gasteiger charge is 2.25. The molecule has 0 unspecified atom stereocenters. The second kappa shape index (κ2) is 15.7. The van der Waals surface area contributed by atoms with Crippen molar-refractivity contribution in [2.24, 2.45) is 11.8 Å². The first-order valence-electron chi connectivity index (χ1n) is 11.3. The van der Waals surface area contributed by atoms with E-state index >= 15 is 0 Å². The summed E-state index contributed by atoms with van der Waals surface area (Å²) in [5.41, 5.74) is 0. The third kappa shape index (κ3) is 11.7. The first kappa shape index (κ1) is 22.5. The average Bonchev–Trinajstić information content (AvgIpc) is 3.07. The molecule has 0 heterocycles. The van der Waals surface area contributed by atoms with E-state index in [1.54, 1.807) is 6.08 Å². The number of aliphatic hydroxyl groups is 2. The van der Waals surface area contributed by atoms with Gasteiger partial charge in [0.1, 0.15) is 5.76 Å². The van der Waals surface area contributed by atoms with E-state index < -0.39 is 0 Å². The molecule has 1 fully saturated rings. The van der Waals surface area contributed by atoms with E-state index in [-0.39, 0.29) is 12.4 Å². The molecular weight excluding hydrogens is 308 g/mol. The van der Waals surface area contributed by atoms with Crippen LogP contribution < -0.4 is 0 Å². The molecule has 0 aromatic rings. The minimum Gasteiger partial charge on any atom is -0.510 e. The van der Waals surface area contributed by atoms with Crippen molar-refractivity contribution in [2.75, 3.05) is 6.61 Å². The summed E-state index contributed by atoms with van der Waals surface area (Å²) >= 11 is 0. The summed E-state index contributed by atoms with van der Waals surface area (Å²) in [5.74, 6) is 2.13. The van der Waals surface area contributed by atoms with Crippen molar-refractivity contribution in [2.45, 2.75) is 116 Å². The lowest BCUT2D eigenvalue weighted by molar-refractivity contribution is 0.252. The number of rotatable bonds is 16. The molecule has 0 spiro atoms. The van der Waals surface area contributed by atoms with Gasteiger partial charge >= 0.3 is 0 Å². The third-order valence-electron chi connectivity index (χ3n) is 6.07. The van der Waals surface area contributed by atoms with Gasteiger partial charge in [0, 0.05) is 0 Å². The van der Waals surface area contributed by atoms with Crippen molar-refractivity contribution in [1.82, 2.24) is 0 Å². The number of unbranched alkanes of at least 4 members (excludes halogenated alkanes) is 10. The van der Waals surface area contributed by atoms with Crippen LogP contribution in [0, 0.1) is 11.8 Å². The topological polar surface area (TPSA) is 40.5 Å². The summed E-state index contributed by atoms with van der Waals surface area (Å²) < 4.78 is 0. The van der Waals surface area contributed by atoms with Crippen LogP contribution in [0.15, 0.2) is 11.8 Å². The first-order valence-corrected chi connectivity index (χ1v) is 11.3. The Hall–Kier alpha value is -0.500. The molecule has 0 aromatic heterocycles. The summed E-state index contributed by atoms with van der Waals surface area (Å²) in [5, 5.41) is 18.0. The highest BCUT2D eigenvalue weighted by molar-refractivity contribution is 4.89. The Kier molecular flexibility index (Phi) is 14.2. The smallest absolute Gasteiger partial charge is 0.114 e. The molecule has 0 saturated heterocycles. The van der Waals surface area contributed by atoms with Crippen molar-refractivity contribution in [3.05, 3.63) is 11.8 Å². The maximum atomic E-state index is 9.21. The standard InChI is InChI=1S/C23H44O2/c1-2-3-4-5-6-7-8-11-15-21-17-14-18-22(21)16-12-9-10-13-19-23(25)20-24/h19,21-22,24-25H,2-18,20H2,1H3/t21-,22-/m0/s1.